The van der Waals surface area contributed by atoms with Gasteiger partial charge in [0.25, 0.3) is 0 Å². The highest BCUT2D eigenvalue weighted by atomic mass is 35.5. The lowest BCUT2D eigenvalue weighted by Crippen LogP contribution is -2.32. The van der Waals surface area contributed by atoms with Crippen LogP contribution in [-0.2, 0) is 0 Å². The molecule has 3 aromatic rings. The van der Waals surface area contributed by atoms with Gasteiger partial charge in [0.15, 0.2) is 0 Å². The number of nitrogens with zero attached hydrogens (tertiary/aromatic N) is 3. The molecule has 0 radical (unpaired) electrons. The fourth-order valence-corrected chi connectivity index (χ4v) is 4.09. The van der Waals surface area contributed by atoms with Gasteiger partial charge in [0, 0.05) is 21.5 Å². The number of ether oxygens (including phenoxy) is 1. The number of hydrogen-bond acceptors (Lipinski definition) is 4. The lowest BCUT2D eigenvalue weighted by atomic mass is 9.79. The van der Waals surface area contributed by atoms with E-state index in [1.807, 2.05) is 37.3 Å². The van der Waals surface area contributed by atoms with Crippen LogP contribution in [0.4, 0.5) is 0 Å². The lowest BCUT2D eigenvalue weighted by molar-refractivity contribution is 0.424. The van der Waals surface area contributed by atoms with Crippen molar-refractivity contribution in [2.45, 2.75) is 12.8 Å². The molecular weight excluding hydrogens is 383 g/mol. The molecule has 2 heterocycles. The van der Waals surface area contributed by atoms with Gasteiger partial charge in [-0.25, -0.2) is 4.68 Å². The summed E-state index contributed by atoms with van der Waals surface area (Å²) in [6.45, 7) is 1.85. The maximum absolute atomic E-state index is 9.73. The van der Waals surface area contributed by atoms with Crippen molar-refractivity contribution in [1.29, 1.82) is 10.7 Å². The topological polar surface area (TPSA) is 74.7 Å². The van der Waals surface area contributed by atoms with Crippen molar-refractivity contribution in [1.82, 2.24) is 9.78 Å². The van der Waals surface area contributed by atoms with Gasteiger partial charge in [0.1, 0.15) is 5.92 Å². The molecule has 1 N–H and O–H groups in total. The van der Waals surface area contributed by atoms with Gasteiger partial charge in [-0.2, -0.15) is 10.4 Å². The molecule has 1 aliphatic heterocycles. The Kier molecular flexibility index (Phi) is 4.39. The molecule has 2 unspecified atom stereocenters. The molecule has 4 rings (SSSR count). The minimum absolute atomic E-state index is 0.150. The Hall–Kier alpha value is -2.81. The van der Waals surface area contributed by atoms with E-state index >= 15 is 0 Å². The largest absolute Gasteiger partial charge is 0.423 e. The molecule has 0 spiro atoms. The second-order valence-electron chi connectivity index (χ2n) is 6.24. The van der Waals surface area contributed by atoms with E-state index < -0.39 is 11.8 Å². The second-order valence-corrected chi connectivity index (χ2v) is 7.05. The van der Waals surface area contributed by atoms with Gasteiger partial charge in [-0.05, 0) is 36.8 Å². The summed E-state index contributed by atoms with van der Waals surface area (Å²) < 4.78 is 7.39. The number of aryl methyl sites for hydroxylation is 1. The van der Waals surface area contributed by atoms with E-state index in [9.17, 15) is 5.26 Å². The number of aromatic nitrogens is 2. The number of nitrogens with one attached hydrogen (secondary N) is 1. The van der Waals surface area contributed by atoms with Gasteiger partial charge in [0.05, 0.1) is 17.5 Å². The van der Waals surface area contributed by atoms with Crippen LogP contribution in [0.2, 0.25) is 10.0 Å². The molecule has 0 aliphatic carbocycles. The molecular formula is C20H14Cl2N4O. The molecule has 1 aliphatic rings. The summed E-state index contributed by atoms with van der Waals surface area (Å²) >= 11 is 12.9. The fraction of sp³-hybridized carbons (Fsp3) is 0.150. The molecule has 0 bridgehead atoms. The number of nitriles is 1. The average molecular weight is 397 g/mol. The molecule has 134 valence electrons. The summed E-state index contributed by atoms with van der Waals surface area (Å²) in [6.07, 6.45) is 0. The van der Waals surface area contributed by atoms with E-state index in [1.165, 1.54) is 0 Å². The first-order valence-corrected chi connectivity index (χ1v) is 9.03. The standard InChI is InChI=1S/C20H14Cl2N4O/c1-11-16-17(18-14(21)8-5-9-15(18)22)13(10-23)19(24)27-20(16)26(25-11)12-6-3-2-4-7-12/h2-9,13,17,24H,1H3. The van der Waals surface area contributed by atoms with Gasteiger partial charge in [-0.3, -0.25) is 5.41 Å². The third-order valence-electron chi connectivity index (χ3n) is 4.65. The van der Waals surface area contributed by atoms with Crippen LogP contribution in [0.15, 0.2) is 48.5 Å². The van der Waals surface area contributed by atoms with Gasteiger partial charge in [-0.1, -0.05) is 47.5 Å². The number of benzene rings is 2. The summed E-state index contributed by atoms with van der Waals surface area (Å²) in [5, 5.41) is 23.5. The van der Waals surface area contributed by atoms with E-state index in [0.717, 1.165) is 11.3 Å². The summed E-state index contributed by atoms with van der Waals surface area (Å²) in [5.41, 5.74) is 2.82. The molecule has 2 atom stereocenters. The highest BCUT2D eigenvalue weighted by Gasteiger charge is 2.42. The Labute approximate surface area is 166 Å². The Balaban J connectivity index is 2.00. The van der Waals surface area contributed by atoms with Crippen LogP contribution in [-0.4, -0.2) is 15.7 Å². The fourth-order valence-electron chi connectivity index (χ4n) is 3.46. The number of para-hydroxylation sites is 1. The molecule has 0 amide bonds. The van der Waals surface area contributed by atoms with Crippen LogP contribution in [0, 0.1) is 29.6 Å². The Morgan fingerprint density at radius 1 is 1.07 bits per heavy atom. The molecule has 0 saturated heterocycles. The van der Waals surface area contributed by atoms with E-state index in [2.05, 4.69) is 11.2 Å². The Morgan fingerprint density at radius 3 is 2.37 bits per heavy atom. The lowest BCUT2D eigenvalue weighted by Gasteiger charge is -2.29. The summed E-state index contributed by atoms with van der Waals surface area (Å²) in [4.78, 5) is 0. The summed E-state index contributed by atoms with van der Waals surface area (Å²) in [5.74, 6) is -1.12. The molecule has 0 saturated carbocycles. The monoisotopic (exact) mass is 396 g/mol. The number of rotatable bonds is 2. The van der Waals surface area contributed by atoms with Crippen molar-refractivity contribution in [3.8, 4) is 17.6 Å². The molecule has 7 heteroatoms. The third kappa shape index (κ3) is 2.78. The zero-order valence-corrected chi connectivity index (χ0v) is 15.8. The van der Waals surface area contributed by atoms with Crippen LogP contribution in [0.5, 0.6) is 5.88 Å². The second kappa shape index (κ2) is 6.73. The smallest absolute Gasteiger partial charge is 0.228 e. The maximum Gasteiger partial charge on any atom is 0.228 e. The van der Waals surface area contributed by atoms with E-state index in [0.29, 0.717) is 27.2 Å². The molecule has 2 aromatic carbocycles. The van der Waals surface area contributed by atoms with Crippen molar-refractivity contribution in [3.05, 3.63) is 75.4 Å². The number of halogens is 2. The number of fused-ring (bicyclic) bond motifs is 1. The quantitative estimate of drug-likeness (QED) is 0.652. The van der Waals surface area contributed by atoms with Gasteiger partial charge >= 0.3 is 0 Å². The average Bonchev–Trinajstić information content (AvgIpc) is 2.98. The normalized spacial score (nSPS) is 18.5. The van der Waals surface area contributed by atoms with E-state index in [4.69, 9.17) is 33.3 Å². The van der Waals surface area contributed by atoms with Gasteiger partial charge < -0.3 is 4.74 Å². The zero-order valence-electron chi connectivity index (χ0n) is 14.3. The summed E-state index contributed by atoms with van der Waals surface area (Å²) in [6, 6.07) is 16.9. The minimum Gasteiger partial charge on any atom is -0.423 e. The maximum atomic E-state index is 9.73. The van der Waals surface area contributed by atoms with E-state index in [1.54, 1.807) is 22.9 Å². The number of hydrogen-bond donors (Lipinski definition) is 1. The van der Waals surface area contributed by atoms with Crippen LogP contribution >= 0.6 is 23.2 Å². The predicted molar refractivity (Wildman–Crippen MR) is 104 cm³/mol. The van der Waals surface area contributed by atoms with Crippen molar-refractivity contribution in [2.75, 3.05) is 0 Å². The molecule has 1 aromatic heterocycles. The minimum atomic E-state index is -0.845. The highest BCUT2D eigenvalue weighted by molar-refractivity contribution is 6.36. The summed E-state index contributed by atoms with van der Waals surface area (Å²) in [7, 11) is 0. The first kappa shape index (κ1) is 17.6. The molecule has 0 fully saturated rings. The van der Waals surface area contributed by atoms with Crippen LogP contribution < -0.4 is 4.74 Å². The van der Waals surface area contributed by atoms with Crippen molar-refractivity contribution >= 4 is 29.1 Å². The van der Waals surface area contributed by atoms with Crippen molar-refractivity contribution in [3.63, 3.8) is 0 Å². The highest BCUT2D eigenvalue weighted by Crippen LogP contribution is 2.48. The van der Waals surface area contributed by atoms with Crippen LogP contribution in [0.1, 0.15) is 22.7 Å². The van der Waals surface area contributed by atoms with Crippen LogP contribution in [0.3, 0.4) is 0 Å². The zero-order chi connectivity index (χ0) is 19.1. The Bertz CT molecular complexity index is 1070. The van der Waals surface area contributed by atoms with Gasteiger partial charge in [-0.15, -0.1) is 0 Å². The Morgan fingerprint density at radius 2 is 1.74 bits per heavy atom. The van der Waals surface area contributed by atoms with E-state index in [-0.39, 0.29) is 5.90 Å². The van der Waals surface area contributed by atoms with Gasteiger partial charge in [0.2, 0.25) is 11.8 Å². The SMILES string of the molecule is Cc1nn(-c2ccccc2)c2c1C(c1c(Cl)cccc1Cl)C(C#N)C(=N)O2. The van der Waals surface area contributed by atoms with Crippen LogP contribution in [0.25, 0.3) is 5.69 Å². The first-order valence-electron chi connectivity index (χ1n) is 8.27. The molecule has 5 nitrogen and oxygen atoms in total. The third-order valence-corrected chi connectivity index (χ3v) is 5.31. The van der Waals surface area contributed by atoms with Crippen molar-refractivity contribution in [2.24, 2.45) is 5.92 Å². The van der Waals surface area contributed by atoms with Crippen molar-refractivity contribution < 1.29 is 4.74 Å². The molecule has 27 heavy (non-hydrogen) atoms. The predicted octanol–water partition coefficient (Wildman–Crippen LogP) is 5.13. The first-order chi connectivity index (χ1) is 13.0.